The number of nitrogens with one attached hydrogen (secondary N) is 1. The molecule has 1 N–H and O–H groups in total. The van der Waals surface area contributed by atoms with Crippen LogP contribution in [0.25, 0.3) is 0 Å². The third kappa shape index (κ3) is 5.79. The molecule has 2 rings (SSSR count). The quantitative estimate of drug-likeness (QED) is 0.684. The number of hydrogen-bond acceptors (Lipinski definition) is 6. The van der Waals surface area contributed by atoms with Gasteiger partial charge in [0.15, 0.2) is 16.4 Å². The van der Waals surface area contributed by atoms with E-state index in [-0.39, 0.29) is 29.0 Å². The molecule has 1 saturated heterocycles. The maximum atomic E-state index is 12.7. The average Bonchev–Trinajstić information content (AvgIpc) is 2.98. The minimum atomic E-state index is -3.14. The van der Waals surface area contributed by atoms with E-state index in [4.69, 9.17) is 4.74 Å². The highest BCUT2D eigenvalue weighted by atomic mass is 32.2. The average molecular weight is 410 g/mol. The summed E-state index contributed by atoms with van der Waals surface area (Å²) in [6.45, 7) is 4.65. The fourth-order valence-electron chi connectivity index (χ4n) is 3.21. The van der Waals surface area contributed by atoms with Gasteiger partial charge in [0.1, 0.15) is 0 Å². The molecule has 1 fully saturated rings. The predicted octanol–water partition coefficient (Wildman–Crippen LogP) is 1.62. The second-order valence-electron chi connectivity index (χ2n) is 6.95. The lowest BCUT2D eigenvalue weighted by atomic mass is 10.1. The lowest BCUT2D eigenvalue weighted by Gasteiger charge is -2.33. The van der Waals surface area contributed by atoms with Crippen molar-refractivity contribution in [1.82, 2.24) is 4.90 Å². The summed E-state index contributed by atoms with van der Waals surface area (Å²) in [4.78, 5) is 37.6. The highest BCUT2D eigenvalue weighted by Gasteiger charge is 2.36. The van der Waals surface area contributed by atoms with Gasteiger partial charge in [0.05, 0.1) is 17.1 Å². The van der Waals surface area contributed by atoms with Gasteiger partial charge in [0.25, 0.3) is 5.91 Å². The van der Waals surface area contributed by atoms with Crippen LogP contribution >= 0.6 is 0 Å². The molecule has 1 aromatic rings. The van der Waals surface area contributed by atoms with Gasteiger partial charge in [0, 0.05) is 24.7 Å². The maximum Gasteiger partial charge on any atom is 0.338 e. The molecule has 1 aromatic carbocycles. The Morgan fingerprint density at radius 1 is 1.32 bits per heavy atom. The number of benzene rings is 1. The summed E-state index contributed by atoms with van der Waals surface area (Å²) in [7, 11) is -3.14. The summed E-state index contributed by atoms with van der Waals surface area (Å²) in [5.41, 5.74) is 0.656. The predicted molar refractivity (Wildman–Crippen MR) is 105 cm³/mol. The number of esters is 1. The van der Waals surface area contributed by atoms with E-state index in [2.05, 4.69) is 5.32 Å². The molecular formula is C19H26N2O6S. The molecule has 1 heterocycles. The lowest BCUT2D eigenvalue weighted by molar-refractivity contribution is -0.138. The molecular weight excluding hydrogens is 384 g/mol. The largest absolute Gasteiger partial charge is 0.452 e. The standard InChI is InChI=1S/C19H26N2O6S/c1-4-13(2)21(17-8-9-28(25,26)12-17)18(23)11-27-19(24)15-6-5-7-16(10-15)20-14(3)22/h5-7,10,13,17H,4,8-9,11-12H2,1-3H3,(H,20,22)/t13-,17+/m1/s1. The Morgan fingerprint density at radius 2 is 2.04 bits per heavy atom. The molecule has 0 radical (unpaired) electrons. The topological polar surface area (TPSA) is 110 Å². The number of hydrogen-bond donors (Lipinski definition) is 1. The highest BCUT2D eigenvalue weighted by molar-refractivity contribution is 7.91. The monoisotopic (exact) mass is 410 g/mol. The van der Waals surface area contributed by atoms with Crippen LogP contribution in [-0.4, -0.2) is 61.3 Å². The molecule has 2 atom stereocenters. The van der Waals surface area contributed by atoms with Crippen LogP contribution in [0, 0.1) is 0 Å². The Labute approximate surface area is 165 Å². The number of nitrogens with zero attached hydrogens (tertiary/aromatic N) is 1. The first-order valence-corrected chi connectivity index (χ1v) is 11.0. The van der Waals surface area contributed by atoms with Gasteiger partial charge in [-0.05, 0) is 38.0 Å². The van der Waals surface area contributed by atoms with Crippen molar-refractivity contribution < 1.29 is 27.5 Å². The van der Waals surface area contributed by atoms with E-state index in [1.807, 2.05) is 13.8 Å². The van der Waals surface area contributed by atoms with Gasteiger partial charge in [-0.1, -0.05) is 13.0 Å². The van der Waals surface area contributed by atoms with Gasteiger partial charge in [-0.2, -0.15) is 0 Å². The number of ether oxygens (including phenoxy) is 1. The minimum absolute atomic E-state index is 0.0597. The highest BCUT2D eigenvalue weighted by Crippen LogP contribution is 2.21. The van der Waals surface area contributed by atoms with Crippen LogP contribution in [0.15, 0.2) is 24.3 Å². The molecule has 1 aliphatic rings. The zero-order valence-electron chi connectivity index (χ0n) is 16.3. The van der Waals surface area contributed by atoms with E-state index in [1.165, 1.54) is 24.0 Å². The van der Waals surface area contributed by atoms with Crippen LogP contribution in [-0.2, 0) is 24.2 Å². The lowest BCUT2D eigenvalue weighted by Crippen LogP contribution is -2.48. The van der Waals surface area contributed by atoms with Crippen molar-refractivity contribution in [3.63, 3.8) is 0 Å². The molecule has 0 saturated carbocycles. The summed E-state index contributed by atoms with van der Waals surface area (Å²) < 4.78 is 28.7. The summed E-state index contributed by atoms with van der Waals surface area (Å²) in [6, 6.07) is 5.66. The van der Waals surface area contributed by atoms with Crippen molar-refractivity contribution in [2.24, 2.45) is 0 Å². The van der Waals surface area contributed by atoms with Crippen molar-refractivity contribution in [3.8, 4) is 0 Å². The third-order valence-electron chi connectivity index (χ3n) is 4.70. The Hall–Kier alpha value is -2.42. The first-order chi connectivity index (χ1) is 13.1. The summed E-state index contributed by atoms with van der Waals surface area (Å²) in [5, 5.41) is 2.57. The molecule has 9 heteroatoms. The molecule has 2 amide bonds. The first kappa shape index (κ1) is 21.9. The van der Waals surface area contributed by atoms with Crippen molar-refractivity contribution in [1.29, 1.82) is 0 Å². The molecule has 0 unspecified atom stereocenters. The molecule has 0 bridgehead atoms. The van der Waals surface area contributed by atoms with E-state index < -0.39 is 34.4 Å². The zero-order chi connectivity index (χ0) is 20.9. The normalized spacial score (nSPS) is 18.9. The Kier molecular flexibility index (Phi) is 7.17. The Morgan fingerprint density at radius 3 is 2.61 bits per heavy atom. The Balaban J connectivity index is 2.04. The maximum absolute atomic E-state index is 12.7. The minimum Gasteiger partial charge on any atom is -0.452 e. The molecule has 0 aliphatic carbocycles. The Bertz CT molecular complexity index is 852. The molecule has 8 nitrogen and oxygen atoms in total. The van der Waals surface area contributed by atoms with Crippen LogP contribution in [0.2, 0.25) is 0 Å². The van der Waals surface area contributed by atoms with Gasteiger partial charge in [0.2, 0.25) is 5.91 Å². The van der Waals surface area contributed by atoms with Gasteiger partial charge >= 0.3 is 5.97 Å². The molecule has 1 aliphatic heterocycles. The van der Waals surface area contributed by atoms with Crippen molar-refractivity contribution >= 4 is 33.3 Å². The fourth-order valence-corrected chi connectivity index (χ4v) is 4.92. The van der Waals surface area contributed by atoms with Gasteiger partial charge in [-0.3, -0.25) is 9.59 Å². The SMILES string of the molecule is CC[C@@H](C)N(C(=O)COC(=O)c1cccc(NC(C)=O)c1)[C@H]1CCS(=O)(=O)C1. The van der Waals surface area contributed by atoms with Crippen molar-refractivity contribution in [2.75, 3.05) is 23.4 Å². The zero-order valence-corrected chi connectivity index (χ0v) is 17.1. The van der Waals surface area contributed by atoms with Crippen LogP contribution in [0.4, 0.5) is 5.69 Å². The smallest absolute Gasteiger partial charge is 0.338 e. The molecule has 0 spiro atoms. The summed E-state index contributed by atoms with van der Waals surface area (Å²) >= 11 is 0. The van der Waals surface area contributed by atoms with Gasteiger partial charge in [-0.25, -0.2) is 13.2 Å². The van der Waals surface area contributed by atoms with Crippen LogP contribution < -0.4 is 5.32 Å². The molecule has 28 heavy (non-hydrogen) atoms. The van der Waals surface area contributed by atoms with Crippen LogP contribution in [0.5, 0.6) is 0 Å². The van der Waals surface area contributed by atoms with Gasteiger partial charge < -0.3 is 15.0 Å². The number of anilines is 1. The number of carbonyl (C=O) groups excluding carboxylic acids is 3. The number of sulfone groups is 1. The van der Waals surface area contributed by atoms with E-state index in [0.717, 1.165) is 0 Å². The van der Waals surface area contributed by atoms with E-state index in [9.17, 15) is 22.8 Å². The summed E-state index contributed by atoms with van der Waals surface area (Å²) in [5.74, 6) is -1.37. The second-order valence-corrected chi connectivity index (χ2v) is 9.18. The van der Waals surface area contributed by atoms with Crippen LogP contribution in [0.1, 0.15) is 44.0 Å². The number of carbonyl (C=O) groups is 3. The molecule has 154 valence electrons. The fraction of sp³-hybridized carbons (Fsp3) is 0.526. The van der Waals surface area contributed by atoms with E-state index in [0.29, 0.717) is 18.5 Å². The summed E-state index contributed by atoms with van der Waals surface area (Å²) in [6.07, 6.45) is 1.06. The number of amides is 2. The van der Waals surface area contributed by atoms with Gasteiger partial charge in [-0.15, -0.1) is 0 Å². The van der Waals surface area contributed by atoms with Crippen LogP contribution in [0.3, 0.4) is 0 Å². The van der Waals surface area contributed by atoms with Crippen molar-refractivity contribution in [3.05, 3.63) is 29.8 Å². The van der Waals surface area contributed by atoms with Crippen molar-refractivity contribution in [2.45, 2.75) is 45.7 Å². The second kappa shape index (κ2) is 9.18. The van der Waals surface area contributed by atoms with E-state index in [1.54, 1.807) is 12.1 Å². The van der Waals surface area contributed by atoms with E-state index >= 15 is 0 Å². The number of rotatable bonds is 7. The molecule has 0 aromatic heterocycles. The third-order valence-corrected chi connectivity index (χ3v) is 6.45. The first-order valence-electron chi connectivity index (χ1n) is 9.19.